The highest BCUT2D eigenvalue weighted by Crippen LogP contribution is 2.71. The number of likely N-dealkylation sites (tertiary alicyclic amines) is 2. The number of carbonyl (C=O) groups excluding carboxylic acids is 3. The number of amides is 2. The van der Waals surface area contributed by atoms with Gasteiger partial charge in [-0.1, -0.05) is 101 Å². The molecule has 0 spiro atoms. The Balaban J connectivity index is 0.0000000943. The second kappa shape index (κ2) is 37.8. The summed E-state index contributed by atoms with van der Waals surface area (Å²) in [5.41, 5.74) is 6.49. The molecule has 2 amide bonds. The van der Waals surface area contributed by atoms with E-state index in [9.17, 15) is 64.9 Å². The summed E-state index contributed by atoms with van der Waals surface area (Å²) in [7, 11) is -3.32. The summed E-state index contributed by atoms with van der Waals surface area (Å²) in [6, 6.07) is 45.3. The normalized spacial score (nSPS) is 38.9. The van der Waals surface area contributed by atoms with Gasteiger partial charge in [-0.3, -0.25) is 19.2 Å². The fraction of sp³-hybridized carbons (Fsp3) is 0.638. The SMILES string of the molecule is CS(=O)(=O)CC(=O)CC1(c2ccc(F)cc2)C2CC3CC(C2)CC1C3.Fc1ccc(C2(Cc3nn[nH]n3)C3CC4CC(C3)CC2C4)cc1.Fc1ccc(C2(c3nn[nH]n3)C3CC4CC(C3)CC2C4)cc1.O=C(CC1(c2ccc(F)cc2)C2CC3CC(C2)CC1C3)N1CC(O)C1.O=C(CC1(c2ccc(F)cc2)C2CC3CC(C2)CC1C3)N1CC(O)C1.O=C(O)CC1(Cc2ccccc2)C2CC3CC(C2)CC1C3. The number of hydrogen-bond donors (Lipinski definition) is 5. The van der Waals surface area contributed by atoms with Gasteiger partial charge in [0.05, 0.1) is 24.0 Å². The fourth-order valence-corrected chi connectivity index (χ4v) is 38.5. The van der Waals surface area contributed by atoms with E-state index in [1.54, 1.807) is 58.3 Å². The van der Waals surface area contributed by atoms with Crippen molar-refractivity contribution >= 4 is 33.4 Å². The maximum absolute atomic E-state index is 13.5. The number of carboxylic acids is 1. The second-order valence-electron chi connectivity index (χ2n) is 49.6. The maximum atomic E-state index is 13.5. The second-order valence-corrected chi connectivity index (χ2v) is 51.8. The molecule has 25 heteroatoms. The van der Waals surface area contributed by atoms with Crippen molar-refractivity contribution in [3.8, 4) is 0 Å². The van der Waals surface area contributed by atoms with Crippen molar-refractivity contribution in [3.63, 3.8) is 0 Å². The van der Waals surface area contributed by atoms with Gasteiger partial charge in [-0.05, 0) is 441 Å². The number of aliphatic hydroxyl groups is 2. The summed E-state index contributed by atoms with van der Waals surface area (Å²) in [5, 5.41) is 58.7. The zero-order valence-corrected chi connectivity index (χ0v) is 82.4. The number of carboxylic acid groups (broad SMARTS) is 1. The fourth-order valence-electron chi connectivity index (χ4n) is 37.8. The number of nitrogens with one attached hydrogen (secondary N) is 2. The molecule has 24 aliphatic carbocycles. The van der Waals surface area contributed by atoms with Gasteiger partial charge in [-0.2, -0.15) is 10.4 Å². The number of aliphatic carboxylic acids is 1. The van der Waals surface area contributed by atoms with E-state index in [2.05, 4.69) is 65.5 Å². The van der Waals surface area contributed by atoms with E-state index in [0.717, 1.165) is 144 Å². The first kappa shape index (κ1) is 95.6. The minimum Gasteiger partial charge on any atom is -0.481 e. The number of H-pyrrole nitrogens is 2. The van der Waals surface area contributed by atoms with Crippen LogP contribution in [-0.4, -0.2) is 149 Å². The number of aromatic nitrogens is 8. The van der Waals surface area contributed by atoms with Crippen molar-refractivity contribution in [1.29, 1.82) is 0 Å². The largest absolute Gasteiger partial charge is 0.481 e. The van der Waals surface area contributed by atoms with Gasteiger partial charge in [0.25, 0.3) is 0 Å². The molecule has 24 saturated carbocycles. The molecule has 19 nitrogen and oxygen atoms in total. The first-order valence-electron chi connectivity index (χ1n) is 54.1. The Morgan fingerprint density at radius 3 is 0.915 bits per heavy atom. The van der Waals surface area contributed by atoms with Crippen molar-refractivity contribution in [2.45, 2.75) is 270 Å². The van der Waals surface area contributed by atoms with Crippen LogP contribution in [0.1, 0.15) is 263 Å². The summed E-state index contributed by atoms with van der Waals surface area (Å²) >= 11 is 0. The molecule has 2 saturated heterocycles. The lowest BCUT2D eigenvalue weighted by Crippen LogP contribution is -2.60. The van der Waals surface area contributed by atoms with Gasteiger partial charge < -0.3 is 25.1 Å². The molecule has 2 aliphatic heterocycles. The number of Topliss-reactive ketones (excluding diaryl/α,β-unsaturated/α-hetero) is 1. The van der Waals surface area contributed by atoms with E-state index in [1.807, 2.05) is 66.7 Å². The number of aliphatic hydroxyl groups excluding tert-OH is 2. The molecule has 24 bridgehead atoms. The molecule has 141 heavy (non-hydrogen) atoms. The Morgan fingerprint density at radius 2 is 0.624 bits per heavy atom. The average molecular weight is 1950 g/mol. The molecule has 26 fully saturated rings. The number of tetrazole rings is 2. The van der Waals surface area contributed by atoms with Gasteiger partial charge in [-0.15, -0.1) is 20.4 Å². The summed E-state index contributed by atoms with van der Waals surface area (Å²) in [5.74, 6) is 16.6. The summed E-state index contributed by atoms with van der Waals surface area (Å²) < 4.78 is 90.7. The van der Waals surface area contributed by atoms with Crippen LogP contribution >= 0.6 is 0 Å². The molecule has 4 heterocycles. The lowest BCUT2D eigenvalue weighted by Gasteiger charge is -2.62. The first-order valence-corrected chi connectivity index (χ1v) is 56.2. The average Bonchev–Trinajstić information content (AvgIpc) is 1.64. The van der Waals surface area contributed by atoms with Crippen LogP contribution in [0, 0.1) is 177 Å². The van der Waals surface area contributed by atoms with Crippen LogP contribution in [0.15, 0.2) is 152 Å². The van der Waals surface area contributed by atoms with Crippen molar-refractivity contribution in [2.75, 3.05) is 38.2 Å². The van der Waals surface area contributed by atoms with Crippen molar-refractivity contribution in [2.24, 2.45) is 147 Å². The van der Waals surface area contributed by atoms with E-state index in [4.69, 9.17) is 0 Å². The lowest BCUT2D eigenvalue weighted by atomic mass is 9.43. The third kappa shape index (κ3) is 17.8. The Labute approximate surface area is 826 Å². The van der Waals surface area contributed by atoms with Gasteiger partial charge in [0.2, 0.25) is 11.8 Å². The van der Waals surface area contributed by atoms with E-state index in [0.29, 0.717) is 116 Å². The molecule has 0 unspecified atom stereocenters. The molecule has 0 radical (unpaired) electrons. The van der Waals surface area contributed by atoms with Crippen LogP contribution in [0.3, 0.4) is 0 Å². The monoisotopic (exact) mass is 1950 g/mol. The number of carbonyl (C=O) groups is 4. The number of β-amino-alcohol motifs (C(OH)–C–C–N with tert-alkyl or cyclic N) is 2. The lowest BCUT2D eigenvalue weighted by molar-refractivity contribution is -0.154. The molecule has 34 rings (SSSR count). The highest BCUT2D eigenvalue weighted by molar-refractivity contribution is 7.91. The van der Waals surface area contributed by atoms with Gasteiger partial charge in [0, 0.05) is 79.8 Å². The number of aromatic amines is 2. The van der Waals surface area contributed by atoms with E-state index in [1.165, 1.54) is 196 Å². The molecular weight excluding hydrogens is 1800 g/mol. The third-order valence-corrected chi connectivity index (χ3v) is 42.9. The molecule has 0 atom stereocenters. The number of rotatable bonds is 20. The first-order chi connectivity index (χ1) is 68.0. The Kier molecular flexibility index (Phi) is 25.6. The number of nitrogens with zero attached hydrogens (tertiary/aromatic N) is 8. The summed E-state index contributed by atoms with van der Waals surface area (Å²) in [4.78, 5) is 53.7. The van der Waals surface area contributed by atoms with E-state index >= 15 is 0 Å². The third-order valence-electron chi connectivity index (χ3n) is 42.1. The predicted molar refractivity (Wildman–Crippen MR) is 522 cm³/mol. The maximum Gasteiger partial charge on any atom is 0.303 e. The molecule has 5 N–H and O–H groups in total. The Morgan fingerprint density at radius 1 is 0.340 bits per heavy atom. The highest BCUT2D eigenvalue weighted by Gasteiger charge is 2.66. The van der Waals surface area contributed by atoms with Crippen LogP contribution in [0.4, 0.5) is 22.0 Å². The van der Waals surface area contributed by atoms with Crippen LogP contribution in [0.5, 0.6) is 0 Å². The minimum atomic E-state index is -3.32. The zero-order valence-electron chi connectivity index (χ0n) is 81.6. The minimum absolute atomic E-state index is 0.0284. The highest BCUT2D eigenvalue weighted by atomic mass is 32.2. The molecule has 2 aromatic heterocycles. The Hall–Kier alpha value is -8.94. The molecule has 6 aromatic carbocycles. The van der Waals surface area contributed by atoms with Crippen molar-refractivity contribution in [3.05, 3.63) is 226 Å². The van der Waals surface area contributed by atoms with Crippen LogP contribution in [0.25, 0.3) is 0 Å². The van der Waals surface area contributed by atoms with Gasteiger partial charge in [-0.25, -0.2) is 30.4 Å². The van der Waals surface area contributed by atoms with Crippen LogP contribution in [0.2, 0.25) is 0 Å². The van der Waals surface area contributed by atoms with E-state index < -0.39 is 15.8 Å². The molecular formula is C116H141F5N10O9S. The van der Waals surface area contributed by atoms with Crippen molar-refractivity contribution < 1.29 is 64.9 Å². The molecule has 26 aliphatic rings. The summed E-state index contributed by atoms with van der Waals surface area (Å²) in [6.45, 7) is 1.88. The van der Waals surface area contributed by atoms with Gasteiger partial charge in [0.1, 0.15) is 40.6 Å². The number of ketones is 1. The standard InChI is InChI=1S/2C21H26FNO2.C20H25FO3S.C19H24O2.C18H21FN4.C17H19FN4/c2*22-18-3-1-15(2-4-18)21(10-20(25)23-11-19(24)12-23)16-6-13-5-14(8-16)9-17(21)7-13;1-25(23,24)12-19(22)11-20(15-2-4-18(21)5-3-15)16-7-13-6-14(9-16)10-17(20)8-13;20-18(21)12-19(11-13-4-2-1-3-5-13)16-7-14-6-15(9-16)10-17(19)8-14;19-16-3-1-13(2-4-16)18(10-17-20-22-23-21-17)14-6-11-5-12(8-14)9-15(18)7-11;18-15-3-1-12(2-4-15)17(16-19-21-22-20-16)13-6-10-5-11(8-13)9-14(17)7-10/h2*1-4,13-14,16-17,19,24H,5-12H2;2-5,13-14,16-17H,6-12H2,1H3;1-5,14-17H,6-12H2,(H,20,21);1-4,11-12,14-15H,5-10H2,(H,20,21,22,23);1-4,10-11,13-14H,5-9H2,(H,19,20,21,22). The number of sulfone groups is 1. The predicted octanol–water partition coefficient (Wildman–Crippen LogP) is 20.3. The number of benzene rings is 6. The number of halogens is 5. The van der Waals surface area contributed by atoms with Crippen molar-refractivity contribution in [1.82, 2.24) is 51.0 Å². The quantitative estimate of drug-likeness (QED) is 0.0444. The Bertz CT molecular complexity index is 5630. The zero-order chi connectivity index (χ0) is 96.8. The molecule has 750 valence electrons. The van der Waals surface area contributed by atoms with Gasteiger partial charge in [0.15, 0.2) is 21.5 Å². The number of hydrogen-bond acceptors (Lipinski definition) is 14. The summed E-state index contributed by atoms with van der Waals surface area (Å²) in [6.07, 6.45) is 41.8. The van der Waals surface area contributed by atoms with Gasteiger partial charge >= 0.3 is 5.97 Å². The van der Waals surface area contributed by atoms with Crippen LogP contribution in [-0.2, 0) is 68.9 Å². The van der Waals surface area contributed by atoms with Crippen LogP contribution < -0.4 is 0 Å². The topological polar surface area (TPSA) is 279 Å². The smallest absolute Gasteiger partial charge is 0.303 e. The van der Waals surface area contributed by atoms with E-state index in [-0.39, 0.29) is 104 Å². The molecule has 8 aromatic rings.